The largest absolute Gasteiger partial charge is 0.474 e. The van der Waals surface area contributed by atoms with Crippen molar-refractivity contribution in [2.45, 2.75) is 38.1 Å². The van der Waals surface area contributed by atoms with Gasteiger partial charge >= 0.3 is 0 Å². The van der Waals surface area contributed by atoms with E-state index in [1.165, 1.54) is 12.8 Å². The molecule has 2 N–H and O–H groups in total. The lowest BCUT2D eigenvalue weighted by Crippen LogP contribution is -2.42. The molecule has 2 aromatic rings. The molecule has 0 saturated heterocycles. The van der Waals surface area contributed by atoms with Gasteiger partial charge in [0.25, 0.3) is 0 Å². The first-order valence-corrected chi connectivity index (χ1v) is 6.39. The van der Waals surface area contributed by atoms with Gasteiger partial charge in [0.05, 0.1) is 11.2 Å². The summed E-state index contributed by atoms with van der Waals surface area (Å²) in [6.45, 7) is 2.49. The molecule has 5 heteroatoms. The Morgan fingerprint density at radius 2 is 2.22 bits per heavy atom. The number of hydrogen-bond acceptors (Lipinski definition) is 4. The van der Waals surface area contributed by atoms with E-state index in [0.29, 0.717) is 12.5 Å². The number of nitrogens with two attached hydrogens (primary N) is 1. The fraction of sp³-hybridized carbons (Fsp3) is 0.538. The molecule has 2 heterocycles. The van der Waals surface area contributed by atoms with Crippen LogP contribution in [0.4, 0.5) is 0 Å². The van der Waals surface area contributed by atoms with Crippen molar-refractivity contribution in [2.24, 2.45) is 5.73 Å². The lowest BCUT2D eigenvalue weighted by atomic mass is 10.0. The quantitative estimate of drug-likeness (QED) is 0.895. The maximum absolute atomic E-state index is 6.28. The fourth-order valence-corrected chi connectivity index (χ4v) is 2.57. The third-order valence-electron chi connectivity index (χ3n) is 3.57. The second kappa shape index (κ2) is 4.24. The zero-order valence-corrected chi connectivity index (χ0v) is 10.6. The molecule has 96 valence electrons. The molecule has 0 radical (unpaired) electrons. The molecular formula is C13H18N4O. The molecule has 0 amide bonds. The second-order valence-corrected chi connectivity index (χ2v) is 5.21. The summed E-state index contributed by atoms with van der Waals surface area (Å²) in [6.07, 6.45) is 7.99. The van der Waals surface area contributed by atoms with Crippen molar-refractivity contribution in [3.05, 3.63) is 24.2 Å². The van der Waals surface area contributed by atoms with E-state index in [9.17, 15) is 0 Å². The molecule has 1 fully saturated rings. The minimum atomic E-state index is -0.177. The molecule has 5 nitrogen and oxygen atoms in total. The van der Waals surface area contributed by atoms with Crippen LogP contribution in [0.1, 0.15) is 31.4 Å². The van der Waals surface area contributed by atoms with Gasteiger partial charge in [0.15, 0.2) is 0 Å². The van der Waals surface area contributed by atoms with Gasteiger partial charge in [-0.05, 0) is 25.8 Å². The lowest BCUT2D eigenvalue weighted by Gasteiger charge is -2.23. The van der Waals surface area contributed by atoms with Crippen LogP contribution in [0.15, 0.2) is 18.5 Å². The van der Waals surface area contributed by atoms with Crippen LogP contribution in [-0.2, 0) is 0 Å². The Bertz CT molecular complexity index is 557. The first-order valence-electron chi connectivity index (χ1n) is 6.39. The van der Waals surface area contributed by atoms with Crippen LogP contribution < -0.4 is 10.5 Å². The molecular weight excluding hydrogens is 228 g/mol. The van der Waals surface area contributed by atoms with Gasteiger partial charge in [-0.1, -0.05) is 12.8 Å². The van der Waals surface area contributed by atoms with Crippen molar-refractivity contribution in [3.63, 3.8) is 0 Å². The highest BCUT2D eigenvalue weighted by molar-refractivity contribution is 5.56. The Morgan fingerprint density at radius 1 is 1.44 bits per heavy atom. The van der Waals surface area contributed by atoms with Crippen molar-refractivity contribution >= 4 is 5.52 Å². The average Bonchev–Trinajstić information content (AvgIpc) is 2.92. The van der Waals surface area contributed by atoms with Gasteiger partial charge in [-0.2, -0.15) is 5.10 Å². The Morgan fingerprint density at radius 3 is 3.00 bits per heavy atom. The van der Waals surface area contributed by atoms with E-state index in [4.69, 9.17) is 10.5 Å². The van der Waals surface area contributed by atoms with Crippen molar-refractivity contribution in [3.8, 4) is 5.88 Å². The summed E-state index contributed by atoms with van der Waals surface area (Å²) >= 11 is 0. The van der Waals surface area contributed by atoms with Crippen LogP contribution in [0, 0.1) is 6.92 Å². The van der Waals surface area contributed by atoms with Crippen molar-refractivity contribution in [1.82, 2.24) is 14.6 Å². The van der Waals surface area contributed by atoms with E-state index in [1.54, 1.807) is 10.7 Å². The van der Waals surface area contributed by atoms with Crippen molar-refractivity contribution < 1.29 is 4.74 Å². The van der Waals surface area contributed by atoms with Gasteiger partial charge in [0.1, 0.15) is 12.1 Å². The molecule has 1 saturated carbocycles. The zero-order chi connectivity index (χ0) is 12.6. The third kappa shape index (κ3) is 2.06. The molecule has 0 aromatic carbocycles. The SMILES string of the molecule is Cc1cc2c(OCC3(N)CCCC3)nccn2n1. The number of rotatable bonds is 3. The van der Waals surface area contributed by atoms with Crippen LogP contribution >= 0.6 is 0 Å². The summed E-state index contributed by atoms with van der Waals surface area (Å²) in [4.78, 5) is 4.27. The lowest BCUT2D eigenvalue weighted by molar-refractivity contribution is 0.215. The molecule has 0 aliphatic heterocycles. The molecule has 0 bridgehead atoms. The Balaban J connectivity index is 1.82. The summed E-state index contributed by atoms with van der Waals surface area (Å²) in [6, 6.07) is 1.97. The summed E-state index contributed by atoms with van der Waals surface area (Å²) in [5.41, 5.74) is 7.96. The predicted molar refractivity (Wildman–Crippen MR) is 68.6 cm³/mol. The first kappa shape index (κ1) is 11.5. The summed E-state index contributed by atoms with van der Waals surface area (Å²) in [5, 5.41) is 4.34. The number of ether oxygens (including phenoxy) is 1. The van der Waals surface area contributed by atoms with Gasteiger partial charge in [0, 0.05) is 12.4 Å². The first-order chi connectivity index (χ1) is 8.66. The van der Waals surface area contributed by atoms with E-state index in [2.05, 4.69) is 10.1 Å². The Hall–Kier alpha value is -1.62. The van der Waals surface area contributed by atoms with Gasteiger partial charge in [-0.3, -0.25) is 0 Å². The molecule has 1 aliphatic carbocycles. The number of aromatic nitrogens is 3. The van der Waals surface area contributed by atoms with E-state index >= 15 is 0 Å². The number of nitrogens with zero attached hydrogens (tertiary/aromatic N) is 3. The Kier molecular flexibility index (Phi) is 2.70. The van der Waals surface area contributed by atoms with Crippen LogP contribution in [0.2, 0.25) is 0 Å². The minimum absolute atomic E-state index is 0.177. The zero-order valence-electron chi connectivity index (χ0n) is 10.6. The summed E-state index contributed by atoms with van der Waals surface area (Å²) in [5.74, 6) is 0.620. The van der Waals surface area contributed by atoms with Crippen molar-refractivity contribution in [1.29, 1.82) is 0 Å². The van der Waals surface area contributed by atoms with Crippen LogP contribution in [0.3, 0.4) is 0 Å². The number of hydrogen-bond donors (Lipinski definition) is 1. The van der Waals surface area contributed by atoms with Crippen LogP contribution in [0.25, 0.3) is 5.52 Å². The van der Waals surface area contributed by atoms with Crippen molar-refractivity contribution in [2.75, 3.05) is 6.61 Å². The topological polar surface area (TPSA) is 65.4 Å². The maximum Gasteiger partial charge on any atom is 0.240 e. The minimum Gasteiger partial charge on any atom is -0.474 e. The van der Waals surface area contributed by atoms with Gasteiger partial charge in [-0.15, -0.1) is 0 Å². The molecule has 2 aromatic heterocycles. The number of aryl methyl sites for hydroxylation is 1. The second-order valence-electron chi connectivity index (χ2n) is 5.21. The highest BCUT2D eigenvalue weighted by atomic mass is 16.5. The molecule has 3 rings (SSSR count). The standard InChI is InChI=1S/C13H18N4O/c1-10-8-11-12(15-6-7-17(11)16-10)18-9-13(14)4-2-3-5-13/h6-8H,2-5,9,14H2,1H3. The number of fused-ring (bicyclic) bond motifs is 1. The normalized spacial score (nSPS) is 18.3. The van der Waals surface area contributed by atoms with Gasteiger partial charge in [0.2, 0.25) is 5.88 Å². The smallest absolute Gasteiger partial charge is 0.240 e. The molecule has 0 unspecified atom stereocenters. The highest BCUT2D eigenvalue weighted by Crippen LogP contribution is 2.28. The Labute approximate surface area is 106 Å². The third-order valence-corrected chi connectivity index (χ3v) is 3.57. The maximum atomic E-state index is 6.28. The van der Waals surface area contributed by atoms with E-state index < -0.39 is 0 Å². The van der Waals surface area contributed by atoms with Gasteiger partial charge < -0.3 is 10.5 Å². The van der Waals surface area contributed by atoms with Crippen LogP contribution in [-0.4, -0.2) is 26.7 Å². The molecule has 18 heavy (non-hydrogen) atoms. The average molecular weight is 246 g/mol. The van der Waals surface area contributed by atoms with E-state index in [-0.39, 0.29) is 5.54 Å². The summed E-state index contributed by atoms with van der Waals surface area (Å²) < 4.78 is 7.61. The fourth-order valence-electron chi connectivity index (χ4n) is 2.57. The van der Waals surface area contributed by atoms with E-state index in [0.717, 1.165) is 24.1 Å². The molecule has 0 spiro atoms. The highest BCUT2D eigenvalue weighted by Gasteiger charge is 2.30. The van der Waals surface area contributed by atoms with E-state index in [1.807, 2.05) is 19.2 Å². The molecule has 0 atom stereocenters. The predicted octanol–water partition coefficient (Wildman–Crippen LogP) is 1.69. The monoisotopic (exact) mass is 246 g/mol. The molecule has 1 aliphatic rings. The van der Waals surface area contributed by atoms with Gasteiger partial charge in [-0.25, -0.2) is 9.50 Å². The summed E-state index contributed by atoms with van der Waals surface area (Å²) in [7, 11) is 0. The van der Waals surface area contributed by atoms with Crippen LogP contribution in [0.5, 0.6) is 5.88 Å².